The summed E-state index contributed by atoms with van der Waals surface area (Å²) < 4.78 is 15.2. The van der Waals surface area contributed by atoms with Gasteiger partial charge in [-0.05, 0) is 131 Å². The number of aliphatic imine (C=N–C) groups is 1. The monoisotopic (exact) mass is 763 g/mol. The maximum Gasteiger partial charge on any atom is 0.363 e. The summed E-state index contributed by atoms with van der Waals surface area (Å²) in [5, 5.41) is 0. The van der Waals surface area contributed by atoms with Crippen LogP contribution in [0.3, 0.4) is 0 Å². The van der Waals surface area contributed by atoms with Gasteiger partial charge in [0.25, 0.3) is 0 Å². The van der Waals surface area contributed by atoms with E-state index in [2.05, 4.69) is 82.0 Å². The van der Waals surface area contributed by atoms with Crippen molar-refractivity contribution in [2.45, 2.75) is 6.61 Å². The van der Waals surface area contributed by atoms with E-state index in [1.165, 1.54) is 0 Å². The van der Waals surface area contributed by atoms with Gasteiger partial charge in [0, 0.05) is 18.3 Å². The van der Waals surface area contributed by atoms with E-state index in [0.717, 1.165) is 32.8 Å². The van der Waals surface area contributed by atoms with Crippen molar-refractivity contribution in [2.75, 3.05) is 0 Å². The van der Waals surface area contributed by atoms with Crippen molar-refractivity contribution < 1.29 is 14.3 Å². The fraction of sp³-hybridized carbons (Fsp3) is 0.0435. The normalized spacial score (nSPS) is 14.5. The molecule has 4 rings (SSSR count). The van der Waals surface area contributed by atoms with E-state index < -0.39 is 5.97 Å². The van der Waals surface area contributed by atoms with Crippen LogP contribution in [0.15, 0.2) is 80.3 Å². The Labute approximate surface area is 223 Å². The first kappa shape index (κ1) is 22.9. The molecular formula is C23H13Br2I2NO3. The lowest BCUT2D eigenvalue weighted by atomic mass is 10.2. The number of nitrogens with zero attached hydrogens (tertiary/aromatic N) is 1. The van der Waals surface area contributed by atoms with Gasteiger partial charge in [0.05, 0.1) is 8.95 Å². The van der Waals surface area contributed by atoms with E-state index in [1.807, 2.05) is 60.7 Å². The van der Waals surface area contributed by atoms with Crippen LogP contribution in [-0.4, -0.2) is 11.9 Å². The lowest BCUT2D eigenvalue weighted by molar-refractivity contribution is -0.129. The topological polar surface area (TPSA) is 47.9 Å². The first-order valence-electron chi connectivity index (χ1n) is 9.04. The largest absolute Gasteiger partial charge is 0.486 e. The number of ether oxygens (including phenoxy) is 2. The van der Waals surface area contributed by atoms with Crippen LogP contribution in [0, 0.1) is 7.14 Å². The third kappa shape index (κ3) is 5.58. The Morgan fingerprint density at radius 3 is 2.35 bits per heavy atom. The second-order valence-corrected chi connectivity index (χ2v) is 10.7. The molecule has 1 aliphatic rings. The molecule has 0 aromatic heterocycles. The highest BCUT2D eigenvalue weighted by atomic mass is 127. The molecule has 0 aliphatic carbocycles. The fourth-order valence-electron chi connectivity index (χ4n) is 2.85. The molecule has 4 nitrogen and oxygen atoms in total. The number of benzene rings is 3. The van der Waals surface area contributed by atoms with Gasteiger partial charge in [0.15, 0.2) is 5.70 Å². The summed E-state index contributed by atoms with van der Waals surface area (Å²) >= 11 is 11.7. The number of cyclic esters (lactones) is 1. The molecule has 156 valence electrons. The second-order valence-electron chi connectivity index (χ2n) is 6.54. The summed E-state index contributed by atoms with van der Waals surface area (Å²) in [6.07, 6.45) is 1.70. The van der Waals surface area contributed by atoms with Crippen molar-refractivity contribution in [2.24, 2.45) is 4.99 Å². The minimum atomic E-state index is -0.472. The first-order valence-corrected chi connectivity index (χ1v) is 12.8. The van der Waals surface area contributed by atoms with Gasteiger partial charge in [0.1, 0.15) is 12.4 Å². The van der Waals surface area contributed by atoms with E-state index in [4.69, 9.17) is 9.47 Å². The third-order valence-corrected chi connectivity index (χ3v) is 7.32. The number of carbonyl (C=O) groups is 1. The summed E-state index contributed by atoms with van der Waals surface area (Å²) in [7, 11) is 0. The predicted molar refractivity (Wildman–Crippen MR) is 145 cm³/mol. The zero-order valence-corrected chi connectivity index (χ0v) is 23.2. The molecule has 3 aromatic carbocycles. The van der Waals surface area contributed by atoms with E-state index in [0.29, 0.717) is 18.3 Å². The van der Waals surface area contributed by atoms with Crippen molar-refractivity contribution in [3.05, 3.63) is 99.1 Å². The Kier molecular flexibility index (Phi) is 7.50. The number of halogens is 4. The van der Waals surface area contributed by atoms with E-state index >= 15 is 0 Å². The fourth-order valence-corrected chi connectivity index (χ4v) is 5.20. The molecule has 0 N–H and O–H groups in total. The highest BCUT2D eigenvalue weighted by Gasteiger charge is 2.24. The van der Waals surface area contributed by atoms with Crippen LogP contribution >= 0.6 is 77.0 Å². The van der Waals surface area contributed by atoms with Gasteiger partial charge in [0.2, 0.25) is 5.90 Å². The molecule has 0 spiro atoms. The molecule has 1 aliphatic heterocycles. The number of hydrogen-bond donors (Lipinski definition) is 0. The van der Waals surface area contributed by atoms with Gasteiger partial charge in [-0.3, -0.25) is 0 Å². The predicted octanol–water partition coefficient (Wildman–Crippen LogP) is 7.34. The molecule has 0 radical (unpaired) electrons. The molecule has 31 heavy (non-hydrogen) atoms. The minimum Gasteiger partial charge on any atom is -0.486 e. The van der Waals surface area contributed by atoms with Crippen LogP contribution in [-0.2, 0) is 16.1 Å². The summed E-state index contributed by atoms with van der Waals surface area (Å²) in [6.45, 7) is 0.451. The Morgan fingerprint density at radius 2 is 1.68 bits per heavy atom. The maximum absolute atomic E-state index is 12.3. The highest BCUT2D eigenvalue weighted by Crippen LogP contribution is 2.36. The molecule has 0 bridgehead atoms. The van der Waals surface area contributed by atoms with Crippen molar-refractivity contribution >= 4 is 95.0 Å². The maximum atomic E-state index is 12.3. The quantitative estimate of drug-likeness (QED) is 0.155. The highest BCUT2D eigenvalue weighted by molar-refractivity contribution is 14.1. The standard InChI is InChI=1S/C23H13Br2I2NO3/c24-17-9-13(10-18(25)21(17)30-12-15-3-1-2-4-19(15)27)11-20-23(29)31-22(28-20)14-5-7-16(26)8-6-14/h1-11H,12H2/b20-11-. The molecule has 0 amide bonds. The zero-order valence-electron chi connectivity index (χ0n) is 15.7. The second kappa shape index (κ2) is 10.1. The Bertz CT molecular complexity index is 1200. The Morgan fingerprint density at radius 1 is 1.00 bits per heavy atom. The van der Waals surface area contributed by atoms with Crippen LogP contribution < -0.4 is 4.74 Å². The molecule has 0 atom stereocenters. The molecule has 3 aromatic rings. The SMILES string of the molecule is O=C1OC(c2ccc(I)cc2)=N/C1=C\c1cc(Br)c(OCc2ccccc2I)c(Br)c1. The third-order valence-electron chi connectivity index (χ3n) is 4.37. The number of esters is 1. The molecule has 1 heterocycles. The number of rotatable bonds is 5. The van der Waals surface area contributed by atoms with Gasteiger partial charge in [-0.25, -0.2) is 9.79 Å². The van der Waals surface area contributed by atoms with E-state index in [-0.39, 0.29) is 5.70 Å². The van der Waals surface area contributed by atoms with Crippen LogP contribution in [0.2, 0.25) is 0 Å². The van der Waals surface area contributed by atoms with E-state index in [9.17, 15) is 4.79 Å². The molecule has 0 unspecified atom stereocenters. The van der Waals surface area contributed by atoms with Crippen LogP contribution in [0.5, 0.6) is 5.75 Å². The van der Waals surface area contributed by atoms with Gasteiger partial charge in [-0.1, -0.05) is 18.2 Å². The average molecular weight is 765 g/mol. The smallest absolute Gasteiger partial charge is 0.363 e. The van der Waals surface area contributed by atoms with Crippen molar-refractivity contribution in [3.63, 3.8) is 0 Å². The van der Waals surface area contributed by atoms with Crippen molar-refractivity contribution in [1.82, 2.24) is 0 Å². The van der Waals surface area contributed by atoms with Crippen LogP contribution in [0.25, 0.3) is 6.08 Å². The summed E-state index contributed by atoms with van der Waals surface area (Å²) in [5.74, 6) is 0.529. The van der Waals surface area contributed by atoms with Gasteiger partial charge in [-0.2, -0.15) is 0 Å². The average Bonchev–Trinajstić information content (AvgIpc) is 3.09. The lowest BCUT2D eigenvalue weighted by Crippen LogP contribution is -2.05. The zero-order chi connectivity index (χ0) is 22.0. The van der Waals surface area contributed by atoms with Gasteiger partial charge >= 0.3 is 5.97 Å². The van der Waals surface area contributed by atoms with Gasteiger partial charge in [-0.15, -0.1) is 0 Å². The Hall–Kier alpha value is -1.24. The minimum absolute atomic E-state index is 0.250. The van der Waals surface area contributed by atoms with Crippen molar-refractivity contribution in [1.29, 1.82) is 0 Å². The number of carbonyl (C=O) groups excluding carboxylic acids is 1. The van der Waals surface area contributed by atoms with Crippen LogP contribution in [0.1, 0.15) is 16.7 Å². The van der Waals surface area contributed by atoms with Crippen LogP contribution in [0.4, 0.5) is 0 Å². The molecule has 0 fully saturated rings. The summed E-state index contributed by atoms with van der Waals surface area (Å²) in [5.41, 5.74) is 2.91. The lowest BCUT2D eigenvalue weighted by Gasteiger charge is -2.12. The van der Waals surface area contributed by atoms with Crippen molar-refractivity contribution in [3.8, 4) is 5.75 Å². The van der Waals surface area contributed by atoms with E-state index in [1.54, 1.807) is 6.08 Å². The van der Waals surface area contributed by atoms with Gasteiger partial charge < -0.3 is 9.47 Å². The summed E-state index contributed by atoms with van der Waals surface area (Å²) in [6, 6.07) is 19.5. The molecular weight excluding hydrogens is 752 g/mol. The Balaban J connectivity index is 1.56. The number of hydrogen-bond acceptors (Lipinski definition) is 4. The molecule has 0 saturated heterocycles. The molecule has 8 heteroatoms. The molecule has 0 saturated carbocycles. The summed E-state index contributed by atoms with van der Waals surface area (Å²) in [4.78, 5) is 16.7. The first-order chi connectivity index (χ1) is 14.9.